The number of benzene rings is 1. The first-order valence-corrected chi connectivity index (χ1v) is 7.20. The Labute approximate surface area is 111 Å². The monoisotopic (exact) mass is 284 g/mol. The Morgan fingerprint density at radius 1 is 1.32 bits per heavy atom. The normalized spacial score (nSPS) is 12.4. The highest BCUT2D eigenvalue weighted by atomic mass is 32.2. The number of aromatic nitrogens is 2. The minimum atomic E-state index is -3.46. The first-order chi connectivity index (χ1) is 8.92. The molecule has 0 saturated heterocycles. The molecule has 0 saturated carbocycles. The summed E-state index contributed by atoms with van der Waals surface area (Å²) in [5.41, 5.74) is 1.25. The Kier molecular flexibility index (Phi) is 3.74. The van der Waals surface area contributed by atoms with Crippen LogP contribution in [-0.4, -0.2) is 42.9 Å². The highest BCUT2D eigenvalue weighted by Crippen LogP contribution is 2.08. The van der Waals surface area contributed by atoms with E-state index in [0.717, 1.165) is 15.3 Å². The molecule has 0 amide bonds. The predicted molar refractivity (Wildman–Crippen MR) is 73.2 cm³/mol. The molecular formula is C11H16N4O3S. The molecule has 0 aliphatic carbocycles. The summed E-state index contributed by atoms with van der Waals surface area (Å²) in [7, 11) is -0.571. The van der Waals surface area contributed by atoms with Gasteiger partial charge in [0.25, 0.3) is 10.2 Å². The van der Waals surface area contributed by atoms with Gasteiger partial charge in [0.2, 0.25) is 0 Å². The molecule has 2 rings (SSSR count). The van der Waals surface area contributed by atoms with Gasteiger partial charge in [-0.05, 0) is 12.1 Å². The molecule has 0 unspecified atom stereocenters. The van der Waals surface area contributed by atoms with E-state index < -0.39 is 10.2 Å². The summed E-state index contributed by atoms with van der Waals surface area (Å²) in [5, 5.41) is 0. The lowest BCUT2D eigenvalue weighted by molar-refractivity contribution is 0.501. The molecule has 0 bridgehead atoms. The quantitative estimate of drug-likeness (QED) is 0.792. The lowest BCUT2D eigenvalue weighted by Crippen LogP contribution is -2.38. The van der Waals surface area contributed by atoms with Crippen molar-refractivity contribution in [1.29, 1.82) is 0 Å². The molecule has 2 N–H and O–H groups in total. The van der Waals surface area contributed by atoms with Crippen LogP contribution in [-0.2, 0) is 16.8 Å². The van der Waals surface area contributed by atoms with E-state index in [-0.39, 0.29) is 18.8 Å². The van der Waals surface area contributed by atoms with Crippen LogP contribution in [0.1, 0.15) is 0 Å². The van der Waals surface area contributed by atoms with Gasteiger partial charge < -0.3 is 4.98 Å². The van der Waals surface area contributed by atoms with Gasteiger partial charge in [-0.25, -0.2) is 9.52 Å². The predicted octanol–water partition coefficient (Wildman–Crippen LogP) is -0.274. The fourth-order valence-electron chi connectivity index (χ4n) is 1.74. The van der Waals surface area contributed by atoms with Crippen molar-refractivity contribution in [2.24, 2.45) is 0 Å². The molecule has 0 aliphatic heterocycles. The average Bonchev–Trinajstić information content (AvgIpc) is 2.65. The zero-order valence-electron chi connectivity index (χ0n) is 10.8. The fraction of sp³-hybridized carbons (Fsp3) is 0.364. The molecule has 2 aromatic rings. The standard InChI is InChI=1S/C11H16N4O3S/c1-14(2)19(17,18)12-7-8-15-10-6-4-3-5-9(10)13-11(15)16/h3-6,12H,7-8H2,1-2H3,(H,13,16). The van der Waals surface area contributed by atoms with Gasteiger partial charge >= 0.3 is 5.69 Å². The average molecular weight is 284 g/mol. The topological polar surface area (TPSA) is 87.2 Å². The second-order valence-electron chi connectivity index (χ2n) is 4.28. The van der Waals surface area contributed by atoms with Crippen LogP contribution in [0.25, 0.3) is 11.0 Å². The van der Waals surface area contributed by atoms with Crippen molar-refractivity contribution in [2.45, 2.75) is 6.54 Å². The zero-order chi connectivity index (χ0) is 14.0. The summed E-state index contributed by atoms with van der Waals surface area (Å²) in [6.45, 7) is 0.429. The van der Waals surface area contributed by atoms with Crippen LogP contribution >= 0.6 is 0 Å². The molecule has 1 aromatic carbocycles. The van der Waals surface area contributed by atoms with Crippen molar-refractivity contribution in [3.8, 4) is 0 Å². The molecule has 1 aromatic heterocycles. The van der Waals surface area contributed by atoms with Crippen molar-refractivity contribution < 1.29 is 8.42 Å². The van der Waals surface area contributed by atoms with Crippen LogP contribution in [0.4, 0.5) is 0 Å². The van der Waals surface area contributed by atoms with E-state index in [9.17, 15) is 13.2 Å². The number of nitrogens with one attached hydrogen (secondary N) is 2. The van der Waals surface area contributed by atoms with Crippen molar-refractivity contribution in [3.05, 3.63) is 34.7 Å². The molecule has 0 radical (unpaired) electrons. The minimum absolute atomic E-state index is 0.155. The molecule has 0 fully saturated rings. The van der Waals surface area contributed by atoms with Crippen LogP contribution in [0, 0.1) is 0 Å². The summed E-state index contributed by atoms with van der Waals surface area (Å²) in [4.78, 5) is 14.5. The van der Waals surface area contributed by atoms with Gasteiger partial charge in [0.15, 0.2) is 0 Å². The summed E-state index contributed by atoms with van der Waals surface area (Å²) < 4.78 is 28.1. The van der Waals surface area contributed by atoms with Crippen LogP contribution in [0.2, 0.25) is 0 Å². The number of fused-ring (bicyclic) bond motifs is 1. The second kappa shape index (κ2) is 5.16. The molecular weight excluding hydrogens is 268 g/mol. The van der Waals surface area contributed by atoms with Crippen molar-refractivity contribution in [2.75, 3.05) is 20.6 Å². The first-order valence-electron chi connectivity index (χ1n) is 5.76. The Bertz CT molecular complexity index is 730. The smallest absolute Gasteiger partial charge is 0.306 e. The number of hydrogen-bond donors (Lipinski definition) is 2. The maximum atomic E-state index is 11.7. The summed E-state index contributed by atoms with van der Waals surface area (Å²) in [6, 6.07) is 7.28. The van der Waals surface area contributed by atoms with E-state index in [1.54, 1.807) is 6.07 Å². The SMILES string of the molecule is CN(C)S(=O)(=O)NCCn1c(=O)[nH]c2ccccc21. The number of nitrogens with zero attached hydrogens (tertiary/aromatic N) is 2. The van der Waals surface area contributed by atoms with Crippen LogP contribution < -0.4 is 10.4 Å². The van der Waals surface area contributed by atoms with E-state index >= 15 is 0 Å². The van der Waals surface area contributed by atoms with Gasteiger partial charge in [-0.3, -0.25) is 4.57 Å². The van der Waals surface area contributed by atoms with Crippen molar-refractivity contribution in [3.63, 3.8) is 0 Å². The van der Waals surface area contributed by atoms with Gasteiger partial charge in [0.05, 0.1) is 11.0 Å². The fourth-order valence-corrected chi connectivity index (χ4v) is 2.35. The highest BCUT2D eigenvalue weighted by Gasteiger charge is 2.12. The molecule has 19 heavy (non-hydrogen) atoms. The number of H-pyrrole nitrogens is 1. The Morgan fingerprint density at radius 3 is 2.68 bits per heavy atom. The largest absolute Gasteiger partial charge is 0.326 e. The van der Waals surface area contributed by atoms with Crippen molar-refractivity contribution >= 4 is 21.2 Å². The molecule has 1 heterocycles. The molecule has 0 spiro atoms. The molecule has 0 aliphatic rings. The Balaban J connectivity index is 2.15. The zero-order valence-corrected chi connectivity index (χ0v) is 11.6. The number of aromatic amines is 1. The van der Waals surface area contributed by atoms with Crippen LogP contribution in [0.3, 0.4) is 0 Å². The van der Waals surface area contributed by atoms with Gasteiger partial charge in [-0.1, -0.05) is 12.1 Å². The number of imidazole rings is 1. The second-order valence-corrected chi connectivity index (χ2v) is 6.25. The first kappa shape index (κ1) is 13.8. The highest BCUT2D eigenvalue weighted by molar-refractivity contribution is 7.87. The third kappa shape index (κ3) is 2.86. The Morgan fingerprint density at radius 2 is 2.00 bits per heavy atom. The van der Waals surface area contributed by atoms with Gasteiger partial charge in [0.1, 0.15) is 0 Å². The summed E-state index contributed by atoms with van der Waals surface area (Å²) >= 11 is 0. The van der Waals surface area contributed by atoms with E-state index in [4.69, 9.17) is 0 Å². The van der Waals surface area contributed by atoms with E-state index in [1.165, 1.54) is 18.7 Å². The maximum Gasteiger partial charge on any atom is 0.326 e. The Hall–Kier alpha value is -1.64. The maximum absolute atomic E-state index is 11.7. The minimum Gasteiger partial charge on any atom is -0.306 e. The lowest BCUT2D eigenvalue weighted by atomic mass is 10.3. The van der Waals surface area contributed by atoms with Crippen LogP contribution in [0.5, 0.6) is 0 Å². The van der Waals surface area contributed by atoms with E-state index in [2.05, 4.69) is 9.71 Å². The van der Waals surface area contributed by atoms with Crippen LogP contribution in [0.15, 0.2) is 29.1 Å². The molecule has 7 nitrogen and oxygen atoms in total. The summed E-state index contributed by atoms with van der Waals surface area (Å²) in [5.74, 6) is 0. The van der Waals surface area contributed by atoms with E-state index in [0.29, 0.717) is 0 Å². The van der Waals surface area contributed by atoms with Crippen molar-refractivity contribution in [1.82, 2.24) is 18.6 Å². The lowest BCUT2D eigenvalue weighted by Gasteiger charge is -2.12. The third-order valence-corrected chi connectivity index (χ3v) is 4.31. The van der Waals surface area contributed by atoms with Gasteiger partial charge in [-0.15, -0.1) is 0 Å². The molecule has 104 valence electrons. The number of hydrogen-bond acceptors (Lipinski definition) is 3. The molecule has 8 heteroatoms. The van der Waals surface area contributed by atoms with Gasteiger partial charge in [-0.2, -0.15) is 12.7 Å². The third-order valence-electron chi connectivity index (χ3n) is 2.78. The molecule has 0 atom stereocenters. The number of rotatable bonds is 5. The summed E-state index contributed by atoms with van der Waals surface area (Å²) in [6.07, 6.45) is 0. The van der Waals surface area contributed by atoms with Gasteiger partial charge in [0, 0.05) is 27.2 Å². The van der Waals surface area contributed by atoms with E-state index in [1.807, 2.05) is 18.2 Å². The number of para-hydroxylation sites is 2.